The minimum absolute atomic E-state index is 0.145. The summed E-state index contributed by atoms with van der Waals surface area (Å²) in [6, 6.07) is 7.41. The van der Waals surface area contributed by atoms with Crippen molar-refractivity contribution in [2.75, 3.05) is 18.0 Å². The summed E-state index contributed by atoms with van der Waals surface area (Å²) in [7, 11) is -4.17. The Morgan fingerprint density at radius 2 is 1.93 bits per heavy atom. The van der Waals surface area contributed by atoms with Gasteiger partial charge in [-0.3, -0.25) is 19.0 Å². The average Bonchev–Trinajstić information content (AvgIpc) is 3.10. The Balaban J connectivity index is 1.95. The summed E-state index contributed by atoms with van der Waals surface area (Å²) in [5.74, 6) is -1.65. The first kappa shape index (κ1) is 21.1. The molecule has 2 aliphatic heterocycles. The van der Waals surface area contributed by atoms with Crippen LogP contribution in [0.25, 0.3) is 0 Å². The van der Waals surface area contributed by atoms with Crippen LogP contribution in [0, 0.1) is 0 Å². The second-order valence-electron chi connectivity index (χ2n) is 6.12. The van der Waals surface area contributed by atoms with Gasteiger partial charge in [0.1, 0.15) is 20.8 Å². The molecular formula is C16H16N2O6S4. The molecule has 1 aromatic carbocycles. The molecule has 2 heterocycles. The Kier molecular flexibility index (Phi) is 6.05. The van der Waals surface area contributed by atoms with Gasteiger partial charge >= 0.3 is 5.97 Å². The summed E-state index contributed by atoms with van der Waals surface area (Å²) in [4.78, 5) is 27.8. The molecule has 3 rings (SSSR count). The highest BCUT2D eigenvalue weighted by molar-refractivity contribution is 8.27. The number of hydrogen-bond donors (Lipinski definition) is 2. The van der Waals surface area contributed by atoms with Crippen molar-refractivity contribution in [1.29, 1.82) is 0 Å². The van der Waals surface area contributed by atoms with Crippen LogP contribution >= 0.6 is 35.7 Å². The fourth-order valence-electron chi connectivity index (χ4n) is 2.68. The van der Waals surface area contributed by atoms with Crippen LogP contribution in [0.15, 0.2) is 39.1 Å². The summed E-state index contributed by atoms with van der Waals surface area (Å²) >= 11 is 7.53. The SMILES string of the molecule is C[C@H](CCN1/C(=C2/SC(=S)N(CC(=O)O)C2=O)Sc2ccccc21)S(=O)(=O)O. The van der Waals surface area contributed by atoms with Crippen LogP contribution in [-0.4, -0.2) is 57.5 Å². The van der Waals surface area contributed by atoms with Crippen molar-refractivity contribution in [2.45, 2.75) is 23.5 Å². The number of fused-ring (bicyclic) bond motifs is 1. The van der Waals surface area contributed by atoms with E-state index in [0.29, 0.717) is 9.93 Å². The van der Waals surface area contributed by atoms with Crippen LogP contribution in [0.3, 0.4) is 0 Å². The fourth-order valence-corrected chi connectivity index (χ4v) is 5.68. The molecule has 0 spiro atoms. The first-order valence-electron chi connectivity index (χ1n) is 8.10. The van der Waals surface area contributed by atoms with Gasteiger partial charge in [-0.05, 0) is 25.5 Å². The van der Waals surface area contributed by atoms with E-state index in [4.69, 9.17) is 17.3 Å². The van der Waals surface area contributed by atoms with Gasteiger partial charge in [-0.1, -0.05) is 47.9 Å². The molecule has 1 aromatic rings. The highest BCUT2D eigenvalue weighted by Crippen LogP contribution is 2.50. The second-order valence-corrected chi connectivity index (χ2v) is 10.6. The van der Waals surface area contributed by atoms with Gasteiger partial charge < -0.3 is 10.0 Å². The van der Waals surface area contributed by atoms with Gasteiger partial charge in [0.15, 0.2) is 0 Å². The summed E-state index contributed by atoms with van der Waals surface area (Å²) in [6.07, 6.45) is 0.145. The van der Waals surface area contributed by atoms with Gasteiger partial charge in [-0.2, -0.15) is 8.42 Å². The van der Waals surface area contributed by atoms with E-state index in [1.165, 1.54) is 18.7 Å². The molecule has 2 N–H and O–H groups in total. The van der Waals surface area contributed by atoms with Crippen LogP contribution < -0.4 is 4.90 Å². The quantitative estimate of drug-likeness (QED) is 0.372. The van der Waals surface area contributed by atoms with E-state index < -0.39 is 33.8 Å². The van der Waals surface area contributed by atoms with Crippen LogP contribution in [-0.2, 0) is 19.7 Å². The third-order valence-corrected chi connectivity index (χ3v) is 8.21. The number of carbonyl (C=O) groups is 2. The first-order chi connectivity index (χ1) is 13.1. The number of benzene rings is 1. The van der Waals surface area contributed by atoms with Crippen LogP contribution in [0.5, 0.6) is 0 Å². The summed E-state index contributed by atoms with van der Waals surface area (Å²) in [6.45, 7) is 1.15. The third kappa shape index (κ3) is 4.20. The maximum absolute atomic E-state index is 12.8. The fraction of sp³-hybridized carbons (Fsp3) is 0.312. The molecule has 1 amide bonds. The lowest BCUT2D eigenvalue weighted by molar-refractivity contribution is -0.140. The number of aliphatic carboxylic acids is 1. The van der Waals surface area contributed by atoms with Crippen LogP contribution in [0.4, 0.5) is 5.69 Å². The minimum atomic E-state index is -4.17. The zero-order valence-corrected chi connectivity index (χ0v) is 17.8. The Morgan fingerprint density at radius 3 is 2.57 bits per heavy atom. The Morgan fingerprint density at radius 1 is 1.25 bits per heavy atom. The van der Waals surface area contributed by atoms with Gasteiger partial charge in [0.2, 0.25) is 0 Å². The topological polar surface area (TPSA) is 115 Å². The monoisotopic (exact) mass is 460 g/mol. The average molecular weight is 461 g/mol. The van der Waals surface area contributed by atoms with E-state index >= 15 is 0 Å². The first-order valence-corrected chi connectivity index (χ1v) is 11.6. The van der Waals surface area contributed by atoms with Crippen molar-refractivity contribution in [3.63, 3.8) is 0 Å². The number of para-hydroxylation sites is 1. The maximum Gasteiger partial charge on any atom is 0.323 e. The molecule has 1 saturated heterocycles. The maximum atomic E-state index is 12.8. The number of thioether (sulfide) groups is 2. The van der Waals surface area contributed by atoms with E-state index in [-0.39, 0.29) is 17.3 Å². The van der Waals surface area contributed by atoms with Crippen molar-refractivity contribution in [3.8, 4) is 0 Å². The molecule has 0 aromatic heterocycles. The molecule has 0 aliphatic carbocycles. The number of carboxylic acid groups (broad SMARTS) is 1. The van der Waals surface area contributed by atoms with Gasteiger partial charge in [0.05, 0.1) is 10.9 Å². The predicted molar refractivity (Wildman–Crippen MR) is 112 cm³/mol. The lowest BCUT2D eigenvalue weighted by Gasteiger charge is -2.22. The highest BCUT2D eigenvalue weighted by Gasteiger charge is 2.40. The van der Waals surface area contributed by atoms with E-state index in [9.17, 15) is 22.6 Å². The number of carboxylic acids is 1. The molecule has 1 atom stereocenters. The van der Waals surface area contributed by atoms with Gasteiger partial charge in [0, 0.05) is 11.4 Å². The normalized spacial score (nSPS) is 20.6. The number of anilines is 1. The molecule has 28 heavy (non-hydrogen) atoms. The molecule has 12 heteroatoms. The molecule has 0 radical (unpaired) electrons. The molecule has 8 nitrogen and oxygen atoms in total. The third-order valence-electron chi connectivity index (χ3n) is 4.21. The molecule has 0 bridgehead atoms. The number of hydrogen-bond acceptors (Lipinski definition) is 8. The van der Waals surface area contributed by atoms with Gasteiger partial charge in [-0.25, -0.2) is 0 Å². The smallest absolute Gasteiger partial charge is 0.323 e. The van der Waals surface area contributed by atoms with E-state index in [1.54, 1.807) is 0 Å². The van der Waals surface area contributed by atoms with Gasteiger partial charge in [-0.15, -0.1) is 0 Å². The van der Waals surface area contributed by atoms with E-state index in [0.717, 1.165) is 27.2 Å². The zero-order valence-electron chi connectivity index (χ0n) is 14.6. The highest BCUT2D eigenvalue weighted by atomic mass is 32.2. The number of thiocarbonyl (C=S) groups is 1. The molecular weight excluding hydrogens is 444 g/mol. The predicted octanol–water partition coefficient (Wildman–Crippen LogP) is 2.38. The number of amides is 1. The molecule has 1 fully saturated rings. The second kappa shape index (κ2) is 8.03. The largest absolute Gasteiger partial charge is 0.480 e. The zero-order chi connectivity index (χ0) is 20.6. The summed E-state index contributed by atoms with van der Waals surface area (Å²) < 4.78 is 32.1. The lowest BCUT2D eigenvalue weighted by Crippen LogP contribution is -2.34. The Labute approximate surface area is 175 Å². The van der Waals surface area contributed by atoms with Crippen LogP contribution in [0.1, 0.15) is 13.3 Å². The van der Waals surface area contributed by atoms with E-state index in [2.05, 4.69) is 0 Å². The summed E-state index contributed by atoms with van der Waals surface area (Å²) in [5, 5.41) is 8.61. The molecule has 150 valence electrons. The van der Waals surface area contributed by atoms with Crippen molar-refractivity contribution < 1.29 is 27.7 Å². The van der Waals surface area contributed by atoms with Crippen molar-refractivity contribution in [3.05, 3.63) is 34.2 Å². The summed E-state index contributed by atoms with van der Waals surface area (Å²) in [5.41, 5.74) is 0.813. The van der Waals surface area contributed by atoms with Crippen molar-refractivity contribution >= 4 is 67.7 Å². The number of nitrogens with zero attached hydrogens (tertiary/aromatic N) is 2. The molecule has 0 saturated carbocycles. The number of carbonyl (C=O) groups excluding carboxylic acids is 1. The van der Waals surface area contributed by atoms with E-state index in [1.807, 2.05) is 29.2 Å². The standard InChI is InChI=1S/C16H16N2O6S4/c1-9(28(22,23)24)6-7-17-10-4-2-3-5-11(10)26-15(17)13-14(21)18(8-12(19)20)16(25)27-13/h2-5,9H,6-8H2,1H3,(H,19,20)(H,22,23,24)/b15-13-/t9-/m1/s1. The Hall–Kier alpha value is -1.60. The van der Waals surface area contributed by atoms with Gasteiger partial charge in [0.25, 0.3) is 16.0 Å². The Bertz CT molecular complexity index is 991. The minimum Gasteiger partial charge on any atom is -0.480 e. The molecule has 0 unspecified atom stereocenters. The van der Waals surface area contributed by atoms with Crippen molar-refractivity contribution in [2.24, 2.45) is 0 Å². The van der Waals surface area contributed by atoms with Crippen LogP contribution in [0.2, 0.25) is 0 Å². The number of rotatable bonds is 6. The lowest BCUT2D eigenvalue weighted by atomic mass is 10.2. The molecule has 2 aliphatic rings. The van der Waals surface area contributed by atoms with Crippen molar-refractivity contribution in [1.82, 2.24) is 4.90 Å².